The van der Waals surface area contributed by atoms with Gasteiger partial charge < -0.3 is 19.9 Å². The van der Waals surface area contributed by atoms with Crippen LogP contribution in [0.2, 0.25) is 5.02 Å². The first-order valence-electron chi connectivity index (χ1n) is 11.2. The molecule has 0 saturated carbocycles. The highest BCUT2D eigenvalue weighted by atomic mass is 35.5. The number of halogens is 1. The molecular weight excluding hydrogens is 426 g/mol. The number of methoxy groups -OCH3 is 1. The molecule has 2 aliphatic rings. The first kappa shape index (κ1) is 22.5. The van der Waals surface area contributed by atoms with Crippen molar-refractivity contribution in [1.82, 2.24) is 10.2 Å². The number of benzene rings is 2. The molecule has 4 rings (SSSR count). The number of likely N-dealkylation sites (tertiary alicyclic amines) is 1. The Morgan fingerprint density at radius 1 is 1.09 bits per heavy atom. The number of ether oxygens (including phenoxy) is 1. The maximum atomic E-state index is 13.0. The Morgan fingerprint density at radius 3 is 2.69 bits per heavy atom. The molecule has 2 aromatic rings. The van der Waals surface area contributed by atoms with Gasteiger partial charge in [0.1, 0.15) is 5.75 Å². The van der Waals surface area contributed by atoms with Crippen LogP contribution in [0.3, 0.4) is 0 Å². The van der Waals surface area contributed by atoms with E-state index in [0.29, 0.717) is 24.5 Å². The number of hydrogen-bond acceptors (Lipinski definition) is 4. The number of nitrogens with one attached hydrogen (secondary N) is 1. The number of piperidine rings is 1. The van der Waals surface area contributed by atoms with Crippen molar-refractivity contribution < 1.29 is 14.3 Å². The van der Waals surface area contributed by atoms with E-state index >= 15 is 0 Å². The summed E-state index contributed by atoms with van der Waals surface area (Å²) in [6.45, 7) is 2.76. The van der Waals surface area contributed by atoms with Crippen LogP contribution in [0.4, 0.5) is 5.69 Å². The first-order chi connectivity index (χ1) is 15.5. The quantitative estimate of drug-likeness (QED) is 0.723. The summed E-state index contributed by atoms with van der Waals surface area (Å²) in [5.74, 6) is 0.764. The van der Waals surface area contributed by atoms with E-state index in [1.54, 1.807) is 7.11 Å². The molecule has 0 bridgehead atoms. The summed E-state index contributed by atoms with van der Waals surface area (Å²) in [4.78, 5) is 29.8. The third kappa shape index (κ3) is 5.36. The van der Waals surface area contributed by atoms with E-state index in [-0.39, 0.29) is 23.8 Å². The van der Waals surface area contributed by atoms with E-state index in [0.717, 1.165) is 49.4 Å². The van der Waals surface area contributed by atoms with Crippen molar-refractivity contribution in [2.75, 3.05) is 38.2 Å². The smallest absolute Gasteiger partial charge is 0.227 e. The molecule has 2 aromatic carbocycles. The summed E-state index contributed by atoms with van der Waals surface area (Å²) < 4.78 is 5.48. The molecule has 2 unspecified atom stereocenters. The molecule has 2 heterocycles. The molecule has 1 N–H and O–H groups in total. The lowest BCUT2D eigenvalue weighted by atomic mass is 9.96. The van der Waals surface area contributed by atoms with Gasteiger partial charge in [0.05, 0.1) is 25.1 Å². The van der Waals surface area contributed by atoms with E-state index in [1.165, 1.54) is 0 Å². The lowest BCUT2D eigenvalue weighted by Crippen LogP contribution is -2.48. The summed E-state index contributed by atoms with van der Waals surface area (Å²) in [6.07, 6.45) is 2.92. The molecule has 2 aliphatic heterocycles. The molecule has 0 spiro atoms. The fourth-order valence-electron chi connectivity index (χ4n) is 4.63. The Kier molecular flexibility index (Phi) is 7.20. The van der Waals surface area contributed by atoms with Gasteiger partial charge >= 0.3 is 0 Å². The summed E-state index contributed by atoms with van der Waals surface area (Å²) in [5, 5.41) is 3.88. The highest BCUT2D eigenvalue weighted by molar-refractivity contribution is 6.30. The number of carbonyl (C=O) groups is 2. The molecule has 32 heavy (non-hydrogen) atoms. The van der Waals surface area contributed by atoms with Crippen LogP contribution in [0.25, 0.3) is 0 Å². The van der Waals surface area contributed by atoms with Gasteiger partial charge in [-0.15, -0.1) is 0 Å². The standard InChI is InChI=1S/C25H30ClN3O3/c1-32-23-10-9-20(26)15-22(23)28-13-11-21(17-28)27-25(31)19-8-5-12-29(16-19)24(30)14-18-6-3-2-4-7-18/h2-4,6-7,9-10,15,19,21H,5,8,11-14,16-17H2,1H3,(H,27,31). The zero-order valence-electron chi connectivity index (χ0n) is 18.4. The SMILES string of the molecule is COc1ccc(Cl)cc1N1CCC(NC(=O)C2CCCN(C(=O)Cc3ccccc3)C2)C1. The van der Waals surface area contributed by atoms with E-state index < -0.39 is 0 Å². The number of anilines is 1. The van der Waals surface area contributed by atoms with Crippen molar-refractivity contribution in [1.29, 1.82) is 0 Å². The Hall–Kier alpha value is -2.73. The van der Waals surface area contributed by atoms with Gasteiger partial charge in [0, 0.05) is 37.2 Å². The fraction of sp³-hybridized carbons (Fsp3) is 0.440. The van der Waals surface area contributed by atoms with Crippen LogP contribution >= 0.6 is 11.6 Å². The maximum absolute atomic E-state index is 13.0. The average Bonchev–Trinajstić information content (AvgIpc) is 3.28. The summed E-state index contributed by atoms with van der Waals surface area (Å²) in [7, 11) is 1.65. The van der Waals surface area contributed by atoms with Gasteiger partial charge in [0.25, 0.3) is 0 Å². The highest BCUT2D eigenvalue weighted by Crippen LogP contribution is 2.33. The lowest BCUT2D eigenvalue weighted by Gasteiger charge is -2.32. The number of hydrogen-bond donors (Lipinski definition) is 1. The van der Waals surface area contributed by atoms with Crippen LogP contribution in [0.1, 0.15) is 24.8 Å². The zero-order valence-corrected chi connectivity index (χ0v) is 19.2. The Morgan fingerprint density at radius 2 is 1.91 bits per heavy atom. The van der Waals surface area contributed by atoms with E-state index in [1.807, 2.05) is 53.4 Å². The first-order valence-corrected chi connectivity index (χ1v) is 11.6. The van der Waals surface area contributed by atoms with E-state index in [9.17, 15) is 9.59 Å². The van der Waals surface area contributed by atoms with Crippen molar-refractivity contribution in [2.45, 2.75) is 31.7 Å². The topological polar surface area (TPSA) is 61.9 Å². The Bertz CT molecular complexity index is 953. The summed E-state index contributed by atoms with van der Waals surface area (Å²) in [6, 6.07) is 15.4. The van der Waals surface area contributed by atoms with Crippen molar-refractivity contribution in [2.24, 2.45) is 5.92 Å². The lowest BCUT2D eigenvalue weighted by molar-refractivity contribution is -0.135. The normalized spacial score (nSPS) is 20.8. The van der Waals surface area contributed by atoms with Crippen LogP contribution in [0.15, 0.2) is 48.5 Å². The Balaban J connectivity index is 1.31. The largest absolute Gasteiger partial charge is 0.495 e. The second-order valence-corrected chi connectivity index (χ2v) is 9.03. The maximum Gasteiger partial charge on any atom is 0.227 e. The molecule has 0 aromatic heterocycles. The predicted molar refractivity (Wildman–Crippen MR) is 126 cm³/mol. The number of carbonyl (C=O) groups excluding carboxylic acids is 2. The Labute approximate surface area is 194 Å². The van der Waals surface area contributed by atoms with Crippen LogP contribution in [-0.2, 0) is 16.0 Å². The zero-order chi connectivity index (χ0) is 22.5. The molecule has 6 nitrogen and oxygen atoms in total. The monoisotopic (exact) mass is 455 g/mol. The van der Waals surface area contributed by atoms with Crippen molar-refractivity contribution in [3.05, 3.63) is 59.1 Å². The van der Waals surface area contributed by atoms with Gasteiger partial charge in [-0.1, -0.05) is 41.9 Å². The van der Waals surface area contributed by atoms with Gasteiger partial charge in [-0.05, 0) is 43.0 Å². The van der Waals surface area contributed by atoms with Crippen LogP contribution in [-0.4, -0.2) is 56.0 Å². The minimum Gasteiger partial charge on any atom is -0.495 e. The average molecular weight is 456 g/mol. The van der Waals surface area contributed by atoms with Gasteiger partial charge in [-0.3, -0.25) is 9.59 Å². The van der Waals surface area contributed by atoms with Gasteiger partial charge in [0.15, 0.2) is 0 Å². The van der Waals surface area contributed by atoms with Crippen LogP contribution < -0.4 is 15.0 Å². The molecule has 7 heteroatoms. The molecule has 2 atom stereocenters. The van der Waals surface area contributed by atoms with Gasteiger partial charge in [0.2, 0.25) is 11.8 Å². The fourth-order valence-corrected chi connectivity index (χ4v) is 4.79. The third-order valence-electron chi connectivity index (χ3n) is 6.36. The molecule has 2 saturated heterocycles. The highest BCUT2D eigenvalue weighted by Gasteiger charge is 2.32. The number of nitrogens with zero attached hydrogens (tertiary/aromatic N) is 2. The van der Waals surface area contributed by atoms with Gasteiger partial charge in [-0.25, -0.2) is 0 Å². The predicted octanol–water partition coefficient (Wildman–Crippen LogP) is 3.52. The van der Waals surface area contributed by atoms with Crippen molar-refractivity contribution in [3.8, 4) is 5.75 Å². The minimum absolute atomic E-state index is 0.0483. The number of rotatable bonds is 6. The summed E-state index contributed by atoms with van der Waals surface area (Å²) >= 11 is 6.18. The molecule has 2 fully saturated rings. The van der Waals surface area contributed by atoms with Crippen molar-refractivity contribution in [3.63, 3.8) is 0 Å². The van der Waals surface area contributed by atoms with E-state index in [4.69, 9.17) is 16.3 Å². The molecule has 0 aliphatic carbocycles. The molecule has 2 amide bonds. The van der Waals surface area contributed by atoms with Gasteiger partial charge in [-0.2, -0.15) is 0 Å². The second kappa shape index (κ2) is 10.3. The molecule has 170 valence electrons. The van der Waals surface area contributed by atoms with E-state index in [2.05, 4.69) is 10.2 Å². The third-order valence-corrected chi connectivity index (χ3v) is 6.59. The van der Waals surface area contributed by atoms with Crippen LogP contribution in [0.5, 0.6) is 5.75 Å². The number of amides is 2. The van der Waals surface area contributed by atoms with Crippen LogP contribution in [0, 0.1) is 5.92 Å². The minimum atomic E-state index is -0.154. The second-order valence-electron chi connectivity index (χ2n) is 8.60. The molecular formula is C25H30ClN3O3. The van der Waals surface area contributed by atoms with Crippen molar-refractivity contribution >= 4 is 29.1 Å². The molecule has 0 radical (unpaired) electrons. The summed E-state index contributed by atoms with van der Waals surface area (Å²) in [5.41, 5.74) is 1.96.